The molecule has 4 nitrogen and oxygen atoms in total. The van der Waals surface area contributed by atoms with E-state index in [9.17, 15) is 9.18 Å². The summed E-state index contributed by atoms with van der Waals surface area (Å²) in [6.07, 6.45) is 0. The highest BCUT2D eigenvalue weighted by atomic mass is 35.5. The largest absolute Gasteiger partial charge is 0.464 e. The molecule has 0 aliphatic carbocycles. The zero-order valence-corrected chi connectivity index (χ0v) is 10.9. The molecular weight excluding hydrogens is 271 g/mol. The van der Waals surface area contributed by atoms with Crippen molar-refractivity contribution in [3.05, 3.63) is 52.6 Å². The van der Waals surface area contributed by atoms with Gasteiger partial charge in [-0.25, -0.2) is 9.18 Å². The quantitative estimate of drug-likeness (QED) is 0.847. The molecule has 0 bridgehead atoms. The number of carbonyl (C=O) groups excluding carboxylic acids is 1. The number of H-pyrrole nitrogens is 1. The van der Waals surface area contributed by atoms with Gasteiger partial charge in [0.15, 0.2) is 5.82 Å². The maximum atomic E-state index is 13.6. The minimum Gasteiger partial charge on any atom is -0.464 e. The highest BCUT2D eigenvalue weighted by molar-refractivity contribution is 6.31. The summed E-state index contributed by atoms with van der Waals surface area (Å²) >= 11 is 5.68. The first-order chi connectivity index (χ1) is 9.11. The Balaban J connectivity index is 2.04. The van der Waals surface area contributed by atoms with Gasteiger partial charge in [0.05, 0.1) is 24.4 Å². The molecule has 19 heavy (non-hydrogen) atoms. The van der Waals surface area contributed by atoms with Crippen LogP contribution in [0.4, 0.5) is 10.1 Å². The number of hydrogen-bond donors (Lipinski definition) is 2. The van der Waals surface area contributed by atoms with Crippen LogP contribution in [0.2, 0.25) is 5.02 Å². The van der Waals surface area contributed by atoms with Gasteiger partial charge in [-0.05, 0) is 24.3 Å². The Morgan fingerprint density at radius 2 is 2.21 bits per heavy atom. The van der Waals surface area contributed by atoms with E-state index >= 15 is 0 Å². The van der Waals surface area contributed by atoms with Crippen LogP contribution in [0.15, 0.2) is 30.3 Å². The van der Waals surface area contributed by atoms with Gasteiger partial charge in [0.1, 0.15) is 5.69 Å². The number of aromatic amines is 1. The van der Waals surface area contributed by atoms with Gasteiger partial charge in [0.25, 0.3) is 0 Å². The summed E-state index contributed by atoms with van der Waals surface area (Å²) in [6.45, 7) is 0.342. The molecule has 0 atom stereocenters. The highest BCUT2D eigenvalue weighted by Crippen LogP contribution is 2.22. The third kappa shape index (κ3) is 3.06. The number of halogens is 2. The highest BCUT2D eigenvalue weighted by Gasteiger charge is 2.09. The number of anilines is 1. The first-order valence-electron chi connectivity index (χ1n) is 5.56. The van der Waals surface area contributed by atoms with Crippen molar-refractivity contribution in [3.63, 3.8) is 0 Å². The zero-order valence-electron chi connectivity index (χ0n) is 10.2. The second-order valence-electron chi connectivity index (χ2n) is 3.84. The number of benzene rings is 1. The Morgan fingerprint density at radius 1 is 1.42 bits per heavy atom. The summed E-state index contributed by atoms with van der Waals surface area (Å²) in [5, 5.41) is 2.96. The first kappa shape index (κ1) is 13.4. The monoisotopic (exact) mass is 282 g/mol. The van der Waals surface area contributed by atoms with Crippen LogP contribution in [0.1, 0.15) is 16.2 Å². The van der Waals surface area contributed by atoms with E-state index in [-0.39, 0.29) is 5.02 Å². The van der Waals surface area contributed by atoms with Crippen molar-refractivity contribution in [2.24, 2.45) is 0 Å². The molecule has 6 heteroatoms. The third-order valence-electron chi connectivity index (χ3n) is 2.57. The van der Waals surface area contributed by atoms with Crippen LogP contribution in [-0.2, 0) is 11.3 Å². The van der Waals surface area contributed by atoms with E-state index in [2.05, 4.69) is 15.0 Å². The number of rotatable bonds is 4. The minimum absolute atomic E-state index is 0.0618. The van der Waals surface area contributed by atoms with Crippen molar-refractivity contribution in [1.29, 1.82) is 0 Å². The second-order valence-corrected chi connectivity index (χ2v) is 4.25. The normalized spacial score (nSPS) is 10.3. The van der Waals surface area contributed by atoms with Gasteiger partial charge in [-0.1, -0.05) is 17.7 Å². The van der Waals surface area contributed by atoms with E-state index in [0.29, 0.717) is 17.9 Å². The number of hydrogen-bond acceptors (Lipinski definition) is 3. The lowest BCUT2D eigenvalue weighted by Gasteiger charge is -2.07. The van der Waals surface area contributed by atoms with Gasteiger partial charge < -0.3 is 15.0 Å². The Morgan fingerprint density at radius 3 is 2.95 bits per heavy atom. The van der Waals surface area contributed by atoms with E-state index in [0.717, 1.165) is 5.69 Å². The lowest BCUT2D eigenvalue weighted by Crippen LogP contribution is -2.04. The number of carbonyl (C=O) groups is 1. The first-order valence-corrected chi connectivity index (χ1v) is 5.93. The number of ether oxygens (including phenoxy) is 1. The Bertz CT molecular complexity index is 598. The van der Waals surface area contributed by atoms with Gasteiger partial charge in [0, 0.05) is 5.69 Å². The van der Waals surface area contributed by atoms with Gasteiger partial charge >= 0.3 is 5.97 Å². The van der Waals surface area contributed by atoms with Crippen LogP contribution in [0.25, 0.3) is 0 Å². The molecule has 0 spiro atoms. The van der Waals surface area contributed by atoms with Crippen LogP contribution in [0.5, 0.6) is 0 Å². The van der Waals surface area contributed by atoms with Gasteiger partial charge in [-0.15, -0.1) is 0 Å². The molecule has 0 fully saturated rings. The van der Waals surface area contributed by atoms with E-state index in [4.69, 9.17) is 11.6 Å². The predicted octanol–water partition coefficient (Wildman–Crippen LogP) is 3.21. The molecule has 0 aliphatic heterocycles. The maximum absolute atomic E-state index is 13.6. The molecule has 0 amide bonds. The average Bonchev–Trinajstić information content (AvgIpc) is 2.88. The van der Waals surface area contributed by atoms with Crippen LogP contribution >= 0.6 is 11.6 Å². The summed E-state index contributed by atoms with van der Waals surface area (Å²) in [7, 11) is 1.31. The van der Waals surface area contributed by atoms with Crippen LogP contribution in [0, 0.1) is 5.82 Å². The number of esters is 1. The maximum Gasteiger partial charge on any atom is 0.354 e. The summed E-state index contributed by atoms with van der Waals surface area (Å²) < 4.78 is 18.2. The van der Waals surface area contributed by atoms with Crippen LogP contribution < -0.4 is 5.32 Å². The summed E-state index contributed by atoms with van der Waals surface area (Å²) in [5.74, 6) is -0.941. The van der Waals surface area contributed by atoms with E-state index in [1.165, 1.54) is 13.2 Å². The van der Waals surface area contributed by atoms with Crippen LogP contribution in [0.3, 0.4) is 0 Å². The molecular formula is C13H12ClFN2O2. The topological polar surface area (TPSA) is 54.1 Å². The number of nitrogens with one attached hydrogen (secondary N) is 2. The Hall–Kier alpha value is -2.01. The molecule has 2 N–H and O–H groups in total. The van der Waals surface area contributed by atoms with Gasteiger partial charge in [-0.3, -0.25) is 0 Å². The van der Waals surface area contributed by atoms with Crippen LogP contribution in [-0.4, -0.2) is 18.1 Å². The van der Waals surface area contributed by atoms with Crippen molar-refractivity contribution in [2.75, 3.05) is 12.4 Å². The zero-order chi connectivity index (χ0) is 13.8. The molecule has 2 aromatic rings. The number of methoxy groups -OCH3 is 1. The SMILES string of the molecule is COC(=O)c1ccc(CNc2cccc(Cl)c2F)[nH]1. The molecule has 0 radical (unpaired) electrons. The van der Waals surface area contributed by atoms with Crippen molar-refractivity contribution in [1.82, 2.24) is 4.98 Å². The average molecular weight is 283 g/mol. The van der Waals surface area contributed by atoms with Gasteiger partial charge in [-0.2, -0.15) is 0 Å². The third-order valence-corrected chi connectivity index (χ3v) is 2.86. The summed E-state index contributed by atoms with van der Waals surface area (Å²) in [6, 6.07) is 8.05. The Labute approximate surface area is 114 Å². The smallest absolute Gasteiger partial charge is 0.354 e. The molecule has 0 saturated carbocycles. The lowest BCUT2D eigenvalue weighted by molar-refractivity contribution is 0.0594. The summed E-state index contributed by atoms with van der Waals surface area (Å²) in [4.78, 5) is 14.1. The predicted molar refractivity (Wildman–Crippen MR) is 70.9 cm³/mol. The van der Waals surface area contributed by atoms with E-state index in [1.54, 1.807) is 24.3 Å². The molecule has 0 aliphatic rings. The van der Waals surface area contributed by atoms with Crippen molar-refractivity contribution in [2.45, 2.75) is 6.54 Å². The van der Waals surface area contributed by atoms with Crippen molar-refractivity contribution < 1.29 is 13.9 Å². The lowest BCUT2D eigenvalue weighted by atomic mass is 10.3. The minimum atomic E-state index is -0.496. The second kappa shape index (κ2) is 5.75. The fraction of sp³-hybridized carbons (Fsp3) is 0.154. The van der Waals surface area contributed by atoms with E-state index < -0.39 is 11.8 Å². The van der Waals surface area contributed by atoms with Gasteiger partial charge in [0.2, 0.25) is 0 Å². The molecule has 2 rings (SSSR count). The number of aromatic nitrogens is 1. The standard InChI is InChI=1S/C13H12ClFN2O2/c1-19-13(18)11-6-5-8(17-11)7-16-10-4-2-3-9(14)12(10)15/h2-6,16-17H,7H2,1H3. The molecule has 0 unspecified atom stereocenters. The fourth-order valence-corrected chi connectivity index (χ4v) is 1.78. The van der Waals surface area contributed by atoms with Crippen molar-refractivity contribution >= 4 is 23.3 Å². The molecule has 1 aromatic heterocycles. The van der Waals surface area contributed by atoms with Crippen molar-refractivity contribution in [3.8, 4) is 0 Å². The summed E-state index contributed by atoms with van der Waals surface area (Å²) in [5.41, 5.74) is 1.40. The molecule has 1 aromatic carbocycles. The molecule has 0 saturated heterocycles. The molecule has 1 heterocycles. The van der Waals surface area contributed by atoms with E-state index in [1.807, 2.05) is 0 Å². The Kier molecular flexibility index (Phi) is 4.06. The fourth-order valence-electron chi connectivity index (χ4n) is 1.60. The molecule has 100 valence electrons.